The van der Waals surface area contributed by atoms with Gasteiger partial charge in [0.15, 0.2) is 0 Å². The topological polar surface area (TPSA) is 15.3 Å². The van der Waals surface area contributed by atoms with Gasteiger partial charge in [0.1, 0.15) is 0 Å². The largest absolute Gasteiger partial charge is 0.305 e. The SMILES string of the molecule is CC1(c2ccccc2)CN(Cc2sccc2Br)CCN1. The van der Waals surface area contributed by atoms with Crippen molar-refractivity contribution in [3.63, 3.8) is 0 Å². The summed E-state index contributed by atoms with van der Waals surface area (Å²) in [5.41, 5.74) is 1.42. The monoisotopic (exact) mass is 350 g/mol. The summed E-state index contributed by atoms with van der Waals surface area (Å²) in [5.74, 6) is 0. The molecule has 2 nitrogen and oxygen atoms in total. The number of benzene rings is 1. The number of halogens is 1. The predicted octanol–water partition coefficient (Wildman–Crippen LogP) is 3.83. The van der Waals surface area contributed by atoms with Gasteiger partial charge in [-0.1, -0.05) is 30.3 Å². The fourth-order valence-electron chi connectivity index (χ4n) is 2.85. The molecule has 0 bridgehead atoms. The zero-order valence-corrected chi connectivity index (χ0v) is 14.0. The smallest absolute Gasteiger partial charge is 0.0535 e. The van der Waals surface area contributed by atoms with Crippen LogP contribution in [0.2, 0.25) is 0 Å². The van der Waals surface area contributed by atoms with Gasteiger partial charge in [-0.05, 0) is 39.9 Å². The first kappa shape index (κ1) is 14.3. The Labute approximate surface area is 132 Å². The van der Waals surface area contributed by atoms with Gasteiger partial charge in [0.2, 0.25) is 0 Å². The number of piperazine rings is 1. The van der Waals surface area contributed by atoms with Gasteiger partial charge in [-0.3, -0.25) is 4.90 Å². The van der Waals surface area contributed by atoms with Gasteiger partial charge in [-0.2, -0.15) is 0 Å². The molecule has 0 spiro atoms. The molecule has 1 saturated heterocycles. The van der Waals surface area contributed by atoms with Crippen molar-refractivity contribution in [2.24, 2.45) is 0 Å². The van der Waals surface area contributed by atoms with Crippen LogP contribution in [0.5, 0.6) is 0 Å². The lowest BCUT2D eigenvalue weighted by Crippen LogP contribution is -2.56. The van der Waals surface area contributed by atoms with Crippen LogP contribution in [0.3, 0.4) is 0 Å². The molecular weight excluding hydrogens is 332 g/mol. The van der Waals surface area contributed by atoms with Crippen molar-refractivity contribution >= 4 is 27.3 Å². The summed E-state index contributed by atoms with van der Waals surface area (Å²) in [6, 6.07) is 12.9. The van der Waals surface area contributed by atoms with Crippen molar-refractivity contribution in [1.82, 2.24) is 10.2 Å². The Kier molecular flexibility index (Phi) is 4.26. The molecule has 0 amide bonds. The van der Waals surface area contributed by atoms with E-state index in [0.717, 1.165) is 26.2 Å². The molecule has 0 radical (unpaired) electrons. The third-order valence-corrected chi connectivity index (χ3v) is 5.86. The number of thiophene rings is 1. The van der Waals surface area contributed by atoms with E-state index >= 15 is 0 Å². The van der Waals surface area contributed by atoms with Crippen LogP contribution in [0, 0.1) is 0 Å². The number of nitrogens with zero attached hydrogens (tertiary/aromatic N) is 1. The highest BCUT2D eigenvalue weighted by molar-refractivity contribution is 9.10. The minimum Gasteiger partial charge on any atom is -0.305 e. The third-order valence-electron chi connectivity index (χ3n) is 3.95. The van der Waals surface area contributed by atoms with E-state index in [1.54, 1.807) is 0 Å². The molecule has 1 aliphatic heterocycles. The molecule has 1 fully saturated rings. The maximum atomic E-state index is 3.69. The molecule has 1 unspecified atom stereocenters. The highest BCUT2D eigenvalue weighted by atomic mass is 79.9. The van der Waals surface area contributed by atoms with E-state index in [2.05, 4.69) is 74.8 Å². The molecule has 106 valence electrons. The van der Waals surface area contributed by atoms with Crippen LogP contribution in [0.4, 0.5) is 0 Å². The maximum absolute atomic E-state index is 3.69. The molecule has 4 heteroatoms. The zero-order chi connectivity index (χ0) is 14.0. The maximum Gasteiger partial charge on any atom is 0.0535 e. The second-order valence-electron chi connectivity index (χ2n) is 5.53. The van der Waals surface area contributed by atoms with Gasteiger partial charge in [-0.15, -0.1) is 11.3 Å². The molecule has 1 N–H and O–H groups in total. The number of nitrogens with one attached hydrogen (secondary N) is 1. The number of rotatable bonds is 3. The summed E-state index contributed by atoms with van der Waals surface area (Å²) in [6.07, 6.45) is 0. The summed E-state index contributed by atoms with van der Waals surface area (Å²) < 4.78 is 1.24. The first-order valence-electron chi connectivity index (χ1n) is 6.92. The van der Waals surface area contributed by atoms with E-state index in [1.807, 2.05) is 11.3 Å². The van der Waals surface area contributed by atoms with E-state index in [9.17, 15) is 0 Å². The summed E-state index contributed by atoms with van der Waals surface area (Å²) in [7, 11) is 0. The van der Waals surface area contributed by atoms with Gasteiger partial charge in [0.25, 0.3) is 0 Å². The standard InChI is InChI=1S/C16H19BrN2S/c1-16(13-5-3-2-4-6-13)12-19(9-8-18-16)11-15-14(17)7-10-20-15/h2-7,10,18H,8-9,11-12H2,1H3. The average Bonchev–Trinajstić information content (AvgIpc) is 2.85. The Balaban J connectivity index is 1.75. The third kappa shape index (κ3) is 2.98. The summed E-state index contributed by atoms with van der Waals surface area (Å²) >= 11 is 5.46. The van der Waals surface area contributed by atoms with Gasteiger partial charge in [0.05, 0.1) is 5.54 Å². The molecule has 0 saturated carbocycles. The van der Waals surface area contributed by atoms with E-state index in [-0.39, 0.29) is 5.54 Å². The van der Waals surface area contributed by atoms with Gasteiger partial charge >= 0.3 is 0 Å². The van der Waals surface area contributed by atoms with Gasteiger partial charge in [0, 0.05) is 35.5 Å². The fourth-order valence-corrected chi connectivity index (χ4v) is 4.37. The summed E-state index contributed by atoms with van der Waals surface area (Å²) in [5, 5.41) is 5.84. The molecule has 1 aromatic heterocycles. The molecule has 3 rings (SSSR count). The fraction of sp³-hybridized carbons (Fsp3) is 0.375. The number of hydrogen-bond donors (Lipinski definition) is 1. The summed E-state index contributed by atoms with van der Waals surface area (Å²) in [6.45, 7) is 6.52. The van der Waals surface area contributed by atoms with Crippen molar-refractivity contribution in [3.05, 3.63) is 56.7 Å². The molecular formula is C16H19BrN2S. The minimum atomic E-state index is 0.0449. The van der Waals surface area contributed by atoms with E-state index in [4.69, 9.17) is 0 Å². The quantitative estimate of drug-likeness (QED) is 0.904. The van der Waals surface area contributed by atoms with E-state index < -0.39 is 0 Å². The van der Waals surface area contributed by atoms with Crippen molar-refractivity contribution in [2.45, 2.75) is 19.0 Å². The first-order valence-corrected chi connectivity index (χ1v) is 8.59. The molecule has 1 atom stereocenters. The van der Waals surface area contributed by atoms with E-state index in [0.29, 0.717) is 0 Å². The Morgan fingerprint density at radius 2 is 2.10 bits per heavy atom. The van der Waals surface area contributed by atoms with E-state index in [1.165, 1.54) is 14.9 Å². The van der Waals surface area contributed by atoms with Crippen molar-refractivity contribution in [1.29, 1.82) is 0 Å². The Hall–Kier alpha value is -0.680. The lowest BCUT2D eigenvalue weighted by Gasteiger charge is -2.42. The minimum absolute atomic E-state index is 0.0449. The van der Waals surface area contributed by atoms with Crippen molar-refractivity contribution in [2.75, 3.05) is 19.6 Å². The van der Waals surface area contributed by atoms with Crippen LogP contribution >= 0.6 is 27.3 Å². The molecule has 2 aromatic rings. The molecule has 2 heterocycles. The second kappa shape index (κ2) is 5.98. The zero-order valence-electron chi connectivity index (χ0n) is 11.6. The lowest BCUT2D eigenvalue weighted by atomic mass is 9.89. The Bertz CT molecular complexity index is 569. The molecule has 20 heavy (non-hydrogen) atoms. The molecule has 1 aliphatic rings. The highest BCUT2D eigenvalue weighted by Crippen LogP contribution is 2.28. The van der Waals surface area contributed by atoms with Crippen molar-refractivity contribution < 1.29 is 0 Å². The normalized spacial score (nSPS) is 23.9. The lowest BCUT2D eigenvalue weighted by molar-refractivity contribution is 0.137. The molecule has 0 aliphatic carbocycles. The van der Waals surface area contributed by atoms with Crippen LogP contribution in [0.1, 0.15) is 17.4 Å². The molecule has 1 aromatic carbocycles. The highest BCUT2D eigenvalue weighted by Gasteiger charge is 2.32. The van der Waals surface area contributed by atoms with Crippen LogP contribution in [-0.2, 0) is 12.1 Å². The van der Waals surface area contributed by atoms with Crippen LogP contribution in [-0.4, -0.2) is 24.5 Å². The summed E-state index contributed by atoms with van der Waals surface area (Å²) in [4.78, 5) is 3.96. The Morgan fingerprint density at radius 3 is 2.80 bits per heavy atom. The number of hydrogen-bond acceptors (Lipinski definition) is 3. The Morgan fingerprint density at radius 1 is 1.30 bits per heavy atom. The van der Waals surface area contributed by atoms with Gasteiger partial charge < -0.3 is 5.32 Å². The predicted molar refractivity (Wildman–Crippen MR) is 89.1 cm³/mol. The van der Waals surface area contributed by atoms with Crippen LogP contribution in [0.15, 0.2) is 46.3 Å². The average molecular weight is 351 g/mol. The van der Waals surface area contributed by atoms with Crippen LogP contribution in [0.25, 0.3) is 0 Å². The first-order chi connectivity index (χ1) is 9.67. The second-order valence-corrected chi connectivity index (χ2v) is 7.38. The van der Waals surface area contributed by atoms with Gasteiger partial charge in [-0.25, -0.2) is 0 Å². The van der Waals surface area contributed by atoms with Crippen molar-refractivity contribution in [3.8, 4) is 0 Å². The van der Waals surface area contributed by atoms with Crippen LogP contribution < -0.4 is 5.32 Å².